The molecule has 2 heteroatoms. The standard InChI is InChI=1S/C12H11ClO/c13-11-7-5-10(6-8-11)12(14)9-3-1-2-4-9/h1-9,12,14H/t12-/m0/s1. The zero-order chi connectivity index (χ0) is 9.97. The Bertz CT molecular complexity index is 352. The van der Waals surface area contributed by atoms with Crippen LogP contribution in [0.25, 0.3) is 0 Å². The zero-order valence-corrected chi connectivity index (χ0v) is 8.35. The van der Waals surface area contributed by atoms with Gasteiger partial charge in [0.25, 0.3) is 0 Å². The third kappa shape index (κ3) is 1.89. The summed E-state index contributed by atoms with van der Waals surface area (Å²) in [5, 5.41) is 10.7. The van der Waals surface area contributed by atoms with Crippen molar-refractivity contribution in [3.63, 3.8) is 0 Å². The van der Waals surface area contributed by atoms with E-state index in [2.05, 4.69) is 0 Å². The molecule has 1 aromatic carbocycles. The third-order valence-corrected chi connectivity index (χ3v) is 2.61. The highest BCUT2D eigenvalue weighted by molar-refractivity contribution is 6.30. The monoisotopic (exact) mass is 206 g/mol. The maximum atomic E-state index is 9.97. The Kier molecular flexibility index (Phi) is 2.71. The maximum Gasteiger partial charge on any atom is 0.0887 e. The number of allylic oxidation sites excluding steroid dienone is 2. The van der Waals surface area contributed by atoms with Crippen LogP contribution in [-0.4, -0.2) is 5.11 Å². The molecule has 0 aromatic heterocycles. The molecule has 1 aliphatic rings. The molecule has 0 amide bonds. The van der Waals surface area contributed by atoms with Crippen molar-refractivity contribution in [1.82, 2.24) is 0 Å². The molecule has 0 spiro atoms. The fraction of sp³-hybridized carbons (Fsp3) is 0.167. The summed E-state index contributed by atoms with van der Waals surface area (Å²) in [5.41, 5.74) is 0.899. The van der Waals surface area contributed by atoms with Gasteiger partial charge in [-0.3, -0.25) is 0 Å². The lowest BCUT2D eigenvalue weighted by atomic mass is 9.97. The summed E-state index contributed by atoms with van der Waals surface area (Å²) >= 11 is 5.77. The van der Waals surface area contributed by atoms with E-state index in [1.54, 1.807) is 12.1 Å². The van der Waals surface area contributed by atoms with Crippen LogP contribution in [-0.2, 0) is 0 Å². The molecule has 0 aliphatic heterocycles. The predicted octanol–water partition coefficient (Wildman–Crippen LogP) is 3.12. The minimum atomic E-state index is -0.470. The average Bonchev–Trinajstić information content (AvgIpc) is 2.71. The van der Waals surface area contributed by atoms with Crippen molar-refractivity contribution in [2.75, 3.05) is 0 Å². The molecule has 1 N–H and O–H groups in total. The van der Waals surface area contributed by atoms with Gasteiger partial charge in [0, 0.05) is 10.9 Å². The van der Waals surface area contributed by atoms with E-state index in [1.165, 1.54) is 0 Å². The van der Waals surface area contributed by atoms with Crippen LogP contribution in [0.5, 0.6) is 0 Å². The molecule has 0 saturated carbocycles. The second-order valence-corrected chi connectivity index (χ2v) is 3.78. The first kappa shape index (κ1) is 9.50. The lowest BCUT2D eigenvalue weighted by molar-refractivity contribution is 0.152. The molecule has 0 fully saturated rings. The van der Waals surface area contributed by atoms with Crippen molar-refractivity contribution in [1.29, 1.82) is 0 Å². The van der Waals surface area contributed by atoms with Crippen molar-refractivity contribution in [3.05, 3.63) is 59.2 Å². The second-order valence-electron chi connectivity index (χ2n) is 3.34. The molecule has 1 atom stereocenters. The number of hydrogen-bond donors (Lipinski definition) is 1. The van der Waals surface area contributed by atoms with Crippen molar-refractivity contribution in [2.24, 2.45) is 5.92 Å². The van der Waals surface area contributed by atoms with Gasteiger partial charge in [-0.1, -0.05) is 48.0 Å². The Morgan fingerprint density at radius 3 is 2.21 bits per heavy atom. The Hall–Kier alpha value is -1.05. The highest BCUT2D eigenvalue weighted by Crippen LogP contribution is 2.27. The van der Waals surface area contributed by atoms with E-state index in [0.717, 1.165) is 5.56 Å². The molecule has 72 valence electrons. The molecule has 0 radical (unpaired) electrons. The highest BCUT2D eigenvalue weighted by atomic mass is 35.5. The van der Waals surface area contributed by atoms with Crippen LogP contribution in [0.2, 0.25) is 5.02 Å². The van der Waals surface area contributed by atoms with E-state index in [4.69, 9.17) is 11.6 Å². The van der Waals surface area contributed by atoms with E-state index in [-0.39, 0.29) is 5.92 Å². The van der Waals surface area contributed by atoms with Crippen LogP contribution < -0.4 is 0 Å². The summed E-state index contributed by atoms with van der Waals surface area (Å²) in [6.07, 6.45) is 7.40. The Balaban J connectivity index is 2.18. The highest BCUT2D eigenvalue weighted by Gasteiger charge is 2.16. The first-order chi connectivity index (χ1) is 6.77. The molecule has 1 aromatic rings. The summed E-state index contributed by atoms with van der Waals surface area (Å²) < 4.78 is 0. The first-order valence-electron chi connectivity index (χ1n) is 4.56. The minimum Gasteiger partial charge on any atom is -0.387 e. The normalized spacial score (nSPS) is 17.6. The van der Waals surface area contributed by atoms with Gasteiger partial charge < -0.3 is 5.11 Å². The van der Waals surface area contributed by atoms with Crippen LogP contribution >= 0.6 is 11.6 Å². The van der Waals surface area contributed by atoms with E-state index in [9.17, 15) is 5.11 Å². The molecule has 0 bridgehead atoms. The van der Waals surface area contributed by atoms with Crippen LogP contribution in [0.15, 0.2) is 48.6 Å². The molecule has 14 heavy (non-hydrogen) atoms. The number of aliphatic hydroxyl groups is 1. The zero-order valence-electron chi connectivity index (χ0n) is 7.60. The number of hydrogen-bond acceptors (Lipinski definition) is 1. The van der Waals surface area contributed by atoms with Crippen LogP contribution in [0.1, 0.15) is 11.7 Å². The molecular weight excluding hydrogens is 196 g/mol. The molecule has 0 unspecified atom stereocenters. The summed E-state index contributed by atoms with van der Waals surface area (Å²) in [4.78, 5) is 0. The Morgan fingerprint density at radius 1 is 1.07 bits per heavy atom. The lowest BCUT2D eigenvalue weighted by Crippen LogP contribution is -2.06. The summed E-state index contributed by atoms with van der Waals surface area (Å²) in [6, 6.07) is 7.30. The molecule has 0 heterocycles. The fourth-order valence-electron chi connectivity index (χ4n) is 1.54. The van der Waals surface area contributed by atoms with Crippen molar-refractivity contribution in [3.8, 4) is 0 Å². The van der Waals surface area contributed by atoms with E-state index in [1.807, 2.05) is 36.4 Å². The molecule has 0 saturated heterocycles. The van der Waals surface area contributed by atoms with Gasteiger partial charge in [0.15, 0.2) is 0 Å². The topological polar surface area (TPSA) is 20.2 Å². The van der Waals surface area contributed by atoms with Gasteiger partial charge in [0.1, 0.15) is 0 Å². The van der Waals surface area contributed by atoms with Gasteiger partial charge >= 0.3 is 0 Å². The Labute approximate surface area is 88.3 Å². The third-order valence-electron chi connectivity index (χ3n) is 2.35. The van der Waals surface area contributed by atoms with Gasteiger partial charge in [0.2, 0.25) is 0 Å². The van der Waals surface area contributed by atoms with E-state index < -0.39 is 6.10 Å². The van der Waals surface area contributed by atoms with Crippen LogP contribution in [0.4, 0.5) is 0 Å². The number of benzene rings is 1. The molecule has 1 aliphatic carbocycles. The van der Waals surface area contributed by atoms with E-state index >= 15 is 0 Å². The van der Waals surface area contributed by atoms with Crippen molar-refractivity contribution >= 4 is 11.6 Å². The smallest absolute Gasteiger partial charge is 0.0887 e. The lowest BCUT2D eigenvalue weighted by Gasteiger charge is -2.15. The quantitative estimate of drug-likeness (QED) is 0.789. The van der Waals surface area contributed by atoms with Gasteiger partial charge in [-0.15, -0.1) is 0 Å². The summed E-state index contributed by atoms with van der Waals surface area (Å²) in [7, 11) is 0. The van der Waals surface area contributed by atoms with Gasteiger partial charge in [0.05, 0.1) is 6.10 Å². The summed E-state index contributed by atoms with van der Waals surface area (Å²) in [6.45, 7) is 0. The number of halogens is 1. The summed E-state index contributed by atoms with van der Waals surface area (Å²) in [5.74, 6) is 0.0937. The largest absolute Gasteiger partial charge is 0.387 e. The van der Waals surface area contributed by atoms with E-state index in [0.29, 0.717) is 5.02 Å². The second kappa shape index (κ2) is 3.99. The minimum absolute atomic E-state index is 0.0937. The van der Waals surface area contributed by atoms with Gasteiger partial charge in [-0.25, -0.2) is 0 Å². The molecule has 2 rings (SSSR count). The molecular formula is C12H11ClO. The van der Waals surface area contributed by atoms with Crippen LogP contribution in [0, 0.1) is 5.92 Å². The molecule has 1 nitrogen and oxygen atoms in total. The van der Waals surface area contributed by atoms with Crippen molar-refractivity contribution in [2.45, 2.75) is 6.10 Å². The Morgan fingerprint density at radius 2 is 1.64 bits per heavy atom. The SMILES string of the molecule is O[C@H](c1ccc(Cl)cc1)C1C=CC=C1. The van der Waals surface area contributed by atoms with Crippen LogP contribution in [0.3, 0.4) is 0 Å². The van der Waals surface area contributed by atoms with Crippen molar-refractivity contribution < 1.29 is 5.11 Å². The maximum absolute atomic E-state index is 9.97. The number of aliphatic hydroxyl groups excluding tert-OH is 1. The van der Waals surface area contributed by atoms with Gasteiger partial charge in [-0.2, -0.15) is 0 Å². The average molecular weight is 207 g/mol. The van der Waals surface area contributed by atoms with Gasteiger partial charge in [-0.05, 0) is 17.7 Å². The predicted molar refractivity (Wildman–Crippen MR) is 58.2 cm³/mol. The fourth-order valence-corrected chi connectivity index (χ4v) is 1.67. The number of rotatable bonds is 2. The first-order valence-corrected chi connectivity index (χ1v) is 4.94.